The van der Waals surface area contributed by atoms with Crippen molar-refractivity contribution in [2.75, 3.05) is 33.3 Å². The molecule has 112 valence electrons. The molecule has 1 N–H and O–H groups in total. The summed E-state index contributed by atoms with van der Waals surface area (Å²) in [6, 6.07) is 0. The Morgan fingerprint density at radius 3 is 2.42 bits per heavy atom. The third-order valence-electron chi connectivity index (χ3n) is 3.97. The average Bonchev–Trinajstić information content (AvgIpc) is 3.26. The fourth-order valence-corrected chi connectivity index (χ4v) is 2.76. The maximum Gasteiger partial charge on any atom is 0.327 e. The molecule has 1 saturated carbocycles. The van der Waals surface area contributed by atoms with Crippen LogP contribution in [0.25, 0.3) is 0 Å². The maximum absolute atomic E-state index is 12.4. The maximum atomic E-state index is 12.4. The summed E-state index contributed by atoms with van der Waals surface area (Å²) in [6.07, 6.45) is 4.42. The minimum Gasteiger partial charge on any atom is -0.468 e. The van der Waals surface area contributed by atoms with E-state index in [2.05, 4.69) is 31.0 Å². The molecule has 0 aromatic heterocycles. The van der Waals surface area contributed by atoms with Crippen molar-refractivity contribution in [2.24, 2.45) is 5.92 Å². The van der Waals surface area contributed by atoms with E-state index in [1.54, 1.807) is 0 Å². The van der Waals surface area contributed by atoms with Gasteiger partial charge in [0, 0.05) is 6.54 Å². The first-order chi connectivity index (χ1) is 9.14. The molecular weight excluding hydrogens is 240 g/mol. The molecule has 0 bridgehead atoms. The molecule has 4 nitrogen and oxygen atoms in total. The normalized spacial score (nSPS) is 18.4. The number of methoxy groups -OCH3 is 1. The van der Waals surface area contributed by atoms with Crippen LogP contribution in [0.15, 0.2) is 0 Å². The zero-order valence-corrected chi connectivity index (χ0v) is 13.0. The number of likely N-dealkylation sites (N-methyl/N-ethyl adjacent to an activating group) is 1. The smallest absolute Gasteiger partial charge is 0.327 e. The Balaban J connectivity index is 2.84. The Kier molecular flexibility index (Phi) is 6.80. The highest BCUT2D eigenvalue weighted by molar-refractivity contribution is 5.82. The SMILES string of the molecule is CCCNC(CN(CC)CCC)(C(=O)OC)C1CC1. The molecule has 1 aliphatic rings. The number of nitrogens with one attached hydrogen (secondary N) is 1. The monoisotopic (exact) mass is 270 g/mol. The van der Waals surface area contributed by atoms with Gasteiger partial charge in [0.15, 0.2) is 0 Å². The van der Waals surface area contributed by atoms with Crippen LogP contribution in [-0.4, -0.2) is 49.7 Å². The van der Waals surface area contributed by atoms with Crippen LogP contribution in [0, 0.1) is 5.92 Å². The van der Waals surface area contributed by atoms with Gasteiger partial charge in [0.05, 0.1) is 7.11 Å². The van der Waals surface area contributed by atoms with Gasteiger partial charge in [0.25, 0.3) is 0 Å². The number of hydrogen-bond acceptors (Lipinski definition) is 4. The molecular formula is C15H30N2O2. The van der Waals surface area contributed by atoms with E-state index in [4.69, 9.17) is 4.74 Å². The summed E-state index contributed by atoms with van der Waals surface area (Å²) in [5.41, 5.74) is -0.490. The molecule has 0 radical (unpaired) electrons. The number of nitrogens with zero attached hydrogens (tertiary/aromatic N) is 1. The molecule has 0 heterocycles. The summed E-state index contributed by atoms with van der Waals surface area (Å²) >= 11 is 0. The molecule has 0 saturated heterocycles. The largest absolute Gasteiger partial charge is 0.468 e. The standard InChI is InChI=1S/C15H30N2O2/c1-5-10-16-15(13-8-9-13,14(18)19-4)12-17(7-3)11-6-2/h13,16H,5-12H2,1-4H3. The van der Waals surface area contributed by atoms with Crippen LogP contribution in [0.4, 0.5) is 0 Å². The van der Waals surface area contributed by atoms with E-state index in [1.165, 1.54) is 7.11 Å². The van der Waals surface area contributed by atoms with Gasteiger partial charge in [-0.05, 0) is 51.2 Å². The second kappa shape index (κ2) is 7.85. The lowest BCUT2D eigenvalue weighted by Crippen LogP contribution is -2.61. The molecule has 0 amide bonds. The number of rotatable bonds is 10. The lowest BCUT2D eigenvalue weighted by atomic mass is 9.91. The second-order valence-electron chi connectivity index (χ2n) is 5.53. The van der Waals surface area contributed by atoms with Crippen molar-refractivity contribution in [1.82, 2.24) is 10.2 Å². The van der Waals surface area contributed by atoms with E-state index in [-0.39, 0.29) is 5.97 Å². The number of esters is 1. The van der Waals surface area contributed by atoms with Gasteiger partial charge in [-0.25, -0.2) is 4.79 Å². The molecule has 1 atom stereocenters. The Bertz CT molecular complexity index is 279. The van der Waals surface area contributed by atoms with Gasteiger partial charge in [-0.15, -0.1) is 0 Å². The van der Waals surface area contributed by atoms with Gasteiger partial charge in [0.1, 0.15) is 5.54 Å². The number of carbonyl (C=O) groups is 1. The van der Waals surface area contributed by atoms with Crippen LogP contribution in [0.5, 0.6) is 0 Å². The molecule has 1 fully saturated rings. The summed E-state index contributed by atoms with van der Waals surface area (Å²) < 4.78 is 5.11. The van der Waals surface area contributed by atoms with Gasteiger partial charge in [-0.2, -0.15) is 0 Å². The lowest BCUT2D eigenvalue weighted by Gasteiger charge is -2.37. The molecule has 1 aliphatic carbocycles. The highest BCUT2D eigenvalue weighted by atomic mass is 16.5. The molecule has 1 rings (SSSR count). The van der Waals surface area contributed by atoms with E-state index < -0.39 is 5.54 Å². The molecule has 19 heavy (non-hydrogen) atoms. The van der Waals surface area contributed by atoms with Crippen molar-refractivity contribution < 1.29 is 9.53 Å². The van der Waals surface area contributed by atoms with Crippen molar-refractivity contribution in [1.29, 1.82) is 0 Å². The van der Waals surface area contributed by atoms with E-state index in [9.17, 15) is 4.79 Å². The molecule has 4 heteroatoms. The van der Waals surface area contributed by atoms with E-state index in [0.29, 0.717) is 5.92 Å². The molecule has 0 aliphatic heterocycles. The first kappa shape index (κ1) is 16.4. The van der Waals surface area contributed by atoms with Gasteiger partial charge < -0.3 is 15.0 Å². The Hall–Kier alpha value is -0.610. The van der Waals surface area contributed by atoms with Crippen molar-refractivity contribution in [3.05, 3.63) is 0 Å². The first-order valence-electron chi connectivity index (χ1n) is 7.70. The summed E-state index contributed by atoms with van der Waals surface area (Å²) in [7, 11) is 1.50. The van der Waals surface area contributed by atoms with Crippen molar-refractivity contribution >= 4 is 5.97 Å². The predicted molar refractivity (Wildman–Crippen MR) is 78.2 cm³/mol. The minimum absolute atomic E-state index is 0.0852. The van der Waals surface area contributed by atoms with Crippen molar-refractivity contribution in [3.63, 3.8) is 0 Å². The van der Waals surface area contributed by atoms with Gasteiger partial charge >= 0.3 is 5.97 Å². The number of carbonyl (C=O) groups excluding carboxylic acids is 1. The first-order valence-corrected chi connectivity index (χ1v) is 7.70. The Labute approximate surface area is 117 Å². The van der Waals surface area contributed by atoms with Gasteiger partial charge in [-0.3, -0.25) is 0 Å². The van der Waals surface area contributed by atoms with Crippen LogP contribution in [0.3, 0.4) is 0 Å². The van der Waals surface area contributed by atoms with Crippen LogP contribution in [-0.2, 0) is 9.53 Å². The average molecular weight is 270 g/mol. The minimum atomic E-state index is -0.490. The fraction of sp³-hybridized carbons (Fsp3) is 0.933. The molecule has 0 spiro atoms. The van der Waals surface area contributed by atoms with Crippen molar-refractivity contribution in [2.45, 2.75) is 52.0 Å². The fourth-order valence-electron chi connectivity index (χ4n) is 2.76. The topological polar surface area (TPSA) is 41.6 Å². The van der Waals surface area contributed by atoms with Crippen LogP contribution >= 0.6 is 0 Å². The van der Waals surface area contributed by atoms with Crippen LogP contribution in [0.1, 0.15) is 46.5 Å². The summed E-state index contributed by atoms with van der Waals surface area (Å²) in [5, 5.41) is 3.50. The van der Waals surface area contributed by atoms with Gasteiger partial charge in [0.2, 0.25) is 0 Å². The second-order valence-corrected chi connectivity index (χ2v) is 5.53. The zero-order valence-electron chi connectivity index (χ0n) is 13.0. The Morgan fingerprint density at radius 2 is 2.00 bits per heavy atom. The summed E-state index contributed by atoms with van der Waals surface area (Å²) in [6.45, 7) is 10.1. The van der Waals surface area contributed by atoms with Crippen LogP contribution < -0.4 is 5.32 Å². The van der Waals surface area contributed by atoms with E-state index >= 15 is 0 Å². The summed E-state index contributed by atoms with van der Waals surface area (Å²) in [4.78, 5) is 14.7. The molecule has 1 unspecified atom stereocenters. The number of hydrogen-bond donors (Lipinski definition) is 1. The lowest BCUT2D eigenvalue weighted by molar-refractivity contribution is -0.150. The van der Waals surface area contributed by atoms with E-state index in [1.807, 2.05) is 0 Å². The predicted octanol–water partition coefficient (Wildman–Crippen LogP) is 2.04. The molecule has 0 aromatic rings. The highest BCUT2D eigenvalue weighted by Crippen LogP contribution is 2.41. The van der Waals surface area contributed by atoms with Gasteiger partial charge in [-0.1, -0.05) is 20.8 Å². The molecule has 0 aromatic carbocycles. The number of ether oxygens (including phenoxy) is 1. The third-order valence-corrected chi connectivity index (χ3v) is 3.97. The van der Waals surface area contributed by atoms with Crippen molar-refractivity contribution in [3.8, 4) is 0 Å². The highest BCUT2D eigenvalue weighted by Gasteiger charge is 2.52. The van der Waals surface area contributed by atoms with Crippen LogP contribution in [0.2, 0.25) is 0 Å². The van der Waals surface area contributed by atoms with E-state index in [0.717, 1.165) is 51.9 Å². The Morgan fingerprint density at radius 1 is 1.32 bits per heavy atom. The zero-order chi connectivity index (χ0) is 14.3. The quantitative estimate of drug-likeness (QED) is 0.617. The summed E-state index contributed by atoms with van der Waals surface area (Å²) in [5.74, 6) is 0.357. The third kappa shape index (κ3) is 4.18.